The number of guanidine groups is 1. The van der Waals surface area contributed by atoms with Crippen LogP contribution in [0.2, 0.25) is 10.0 Å². The molecule has 9 heteroatoms. The zero-order valence-corrected chi connectivity index (χ0v) is 20.2. The third kappa shape index (κ3) is 10.3. The third-order valence-corrected chi connectivity index (χ3v) is 4.34. The van der Waals surface area contributed by atoms with Crippen LogP contribution < -0.4 is 16.0 Å². The molecule has 29 heavy (non-hydrogen) atoms. The molecule has 0 aliphatic heterocycles. The highest BCUT2D eigenvalue weighted by Crippen LogP contribution is 2.23. The minimum Gasteiger partial charge on any atom is -0.386 e. The van der Waals surface area contributed by atoms with Crippen molar-refractivity contribution in [1.29, 1.82) is 0 Å². The van der Waals surface area contributed by atoms with Crippen molar-refractivity contribution >= 4 is 59.0 Å². The smallest absolute Gasteiger partial charge is 0.191 e. The minimum atomic E-state index is -0.769. The van der Waals surface area contributed by atoms with Gasteiger partial charge in [0.25, 0.3) is 0 Å². The fourth-order valence-electron chi connectivity index (χ4n) is 2.53. The predicted octanol–water partition coefficient (Wildman–Crippen LogP) is 4.49. The number of aromatic nitrogens is 1. The average Bonchev–Trinajstić information content (AvgIpc) is 2.68. The van der Waals surface area contributed by atoms with E-state index in [4.69, 9.17) is 23.2 Å². The van der Waals surface area contributed by atoms with Crippen LogP contribution >= 0.6 is 47.2 Å². The van der Waals surface area contributed by atoms with E-state index < -0.39 is 6.10 Å². The van der Waals surface area contributed by atoms with E-state index in [1.54, 1.807) is 24.4 Å². The van der Waals surface area contributed by atoms with E-state index in [0.29, 0.717) is 21.6 Å². The second-order valence-electron chi connectivity index (χ2n) is 6.21. The summed E-state index contributed by atoms with van der Waals surface area (Å²) in [5.74, 6) is 1.56. The summed E-state index contributed by atoms with van der Waals surface area (Å²) in [6.07, 6.45) is 2.99. The Hall–Kier alpha value is -1.29. The number of halogens is 3. The quantitative estimate of drug-likeness (QED) is 0.151. The number of anilines is 1. The average molecular weight is 552 g/mol. The Bertz CT molecular complexity index is 729. The molecule has 2 aromatic rings. The van der Waals surface area contributed by atoms with Crippen LogP contribution in [0.4, 0.5) is 5.82 Å². The van der Waals surface area contributed by atoms with Crippen LogP contribution in [0.15, 0.2) is 47.6 Å². The second-order valence-corrected chi connectivity index (χ2v) is 7.09. The van der Waals surface area contributed by atoms with Crippen molar-refractivity contribution in [2.75, 3.05) is 31.5 Å². The summed E-state index contributed by atoms with van der Waals surface area (Å²) in [7, 11) is 0. The van der Waals surface area contributed by atoms with E-state index in [2.05, 4.69) is 25.9 Å². The van der Waals surface area contributed by atoms with Crippen molar-refractivity contribution in [3.8, 4) is 0 Å². The highest BCUT2D eigenvalue weighted by atomic mass is 127. The van der Waals surface area contributed by atoms with E-state index >= 15 is 0 Å². The van der Waals surface area contributed by atoms with Gasteiger partial charge in [0, 0.05) is 35.9 Å². The van der Waals surface area contributed by atoms with E-state index in [9.17, 15) is 5.11 Å². The molecule has 0 fully saturated rings. The van der Waals surface area contributed by atoms with Gasteiger partial charge in [-0.05, 0) is 55.7 Å². The van der Waals surface area contributed by atoms with Gasteiger partial charge in [0.05, 0.1) is 12.6 Å². The Morgan fingerprint density at radius 3 is 2.48 bits per heavy atom. The van der Waals surface area contributed by atoms with E-state index in [1.807, 2.05) is 25.1 Å². The Morgan fingerprint density at radius 1 is 1.10 bits per heavy atom. The molecule has 1 aromatic heterocycles. The molecule has 0 amide bonds. The lowest BCUT2D eigenvalue weighted by Crippen LogP contribution is -2.38. The molecule has 0 saturated carbocycles. The number of aliphatic imine (C=N–C) groups is 1. The van der Waals surface area contributed by atoms with Gasteiger partial charge in [-0.2, -0.15) is 0 Å². The van der Waals surface area contributed by atoms with Gasteiger partial charge in [-0.1, -0.05) is 29.3 Å². The van der Waals surface area contributed by atoms with Crippen LogP contribution in [0.3, 0.4) is 0 Å². The van der Waals surface area contributed by atoms with Crippen LogP contribution in [-0.2, 0) is 0 Å². The number of aliphatic hydroxyl groups excluding tert-OH is 1. The number of aliphatic hydroxyl groups is 1. The normalized spacial score (nSPS) is 12.1. The van der Waals surface area contributed by atoms with Crippen LogP contribution in [0.25, 0.3) is 0 Å². The summed E-state index contributed by atoms with van der Waals surface area (Å²) in [6, 6.07) is 10.8. The monoisotopic (exact) mass is 551 g/mol. The molecular weight excluding hydrogens is 524 g/mol. The minimum absolute atomic E-state index is 0. The Labute approximate surface area is 199 Å². The Kier molecular flexibility index (Phi) is 13.0. The highest BCUT2D eigenvalue weighted by molar-refractivity contribution is 14.0. The molecule has 1 aromatic carbocycles. The Balaban J connectivity index is 0.00000420. The number of hydrogen-bond acceptors (Lipinski definition) is 4. The fourth-order valence-corrected chi connectivity index (χ4v) is 3.08. The van der Waals surface area contributed by atoms with Crippen molar-refractivity contribution in [2.45, 2.75) is 25.9 Å². The molecule has 1 heterocycles. The lowest BCUT2D eigenvalue weighted by molar-refractivity contribution is 0.187. The van der Waals surface area contributed by atoms with E-state index in [0.717, 1.165) is 38.3 Å². The zero-order chi connectivity index (χ0) is 20.2. The number of nitrogens with one attached hydrogen (secondary N) is 3. The maximum absolute atomic E-state index is 10.3. The standard InChI is InChI=1S/C20H27Cl2N5O.HI/c1-2-23-20(26-10-6-5-9-25-19-7-3-4-8-24-19)27-14-18(28)15-11-16(21)13-17(22)12-15;/h3-4,7-8,11-13,18,28H,2,5-6,9-10,14H2,1H3,(H,24,25)(H2,23,26,27);1H. The van der Waals surface area contributed by atoms with Crippen molar-refractivity contribution in [1.82, 2.24) is 15.6 Å². The molecule has 0 aliphatic carbocycles. The maximum Gasteiger partial charge on any atom is 0.191 e. The first-order valence-corrected chi connectivity index (χ1v) is 10.1. The number of hydrogen-bond donors (Lipinski definition) is 4. The lowest BCUT2D eigenvalue weighted by atomic mass is 10.1. The van der Waals surface area contributed by atoms with Crippen LogP contribution in [0.1, 0.15) is 31.4 Å². The molecule has 0 radical (unpaired) electrons. The molecule has 6 nitrogen and oxygen atoms in total. The van der Waals surface area contributed by atoms with Crippen molar-refractivity contribution in [3.05, 3.63) is 58.2 Å². The highest BCUT2D eigenvalue weighted by Gasteiger charge is 2.09. The topological polar surface area (TPSA) is 81.6 Å². The third-order valence-electron chi connectivity index (χ3n) is 3.90. The molecule has 0 spiro atoms. The summed E-state index contributed by atoms with van der Waals surface area (Å²) in [5, 5.41) is 21.1. The van der Waals surface area contributed by atoms with Gasteiger partial charge < -0.3 is 21.1 Å². The number of rotatable bonds is 10. The van der Waals surface area contributed by atoms with Gasteiger partial charge in [-0.25, -0.2) is 4.98 Å². The Morgan fingerprint density at radius 2 is 1.83 bits per heavy atom. The van der Waals surface area contributed by atoms with Crippen LogP contribution in [0.5, 0.6) is 0 Å². The molecule has 0 saturated heterocycles. The van der Waals surface area contributed by atoms with Gasteiger partial charge >= 0.3 is 0 Å². The molecule has 0 aliphatic rings. The summed E-state index contributed by atoms with van der Waals surface area (Å²) in [5.41, 5.74) is 0.651. The summed E-state index contributed by atoms with van der Waals surface area (Å²) in [6.45, 7) is 4.61. The van der Waals surface area contributed by atoms with Crippen molar-refractivity contribution < 1.29 is 5.11 Å². The summed E-state index contributed by atoms with van der Waals surface area (Å²) < 4.78 is 0. The molecule has 160 valence electrons. The first-order chi connectivity index (χ1) is 13.6. The van der Waals surface area contributed by atoms with Gasteiger partial charge in [-0.3, -0.25) is 4.99 Å². The first-order valence-electron chi connectivity index (χ1n) is 9.39. The molecular formula is C20H28Cl2IN5O. The molecule has 2 rings (SSSR count). The number of unbranched alkanes of at least 4 members (excludes halogenated alkanes) is 1. The molecule has 4 N–H and O–H groups in total. The SMILES string of the molecule is CCNC(=NCC(O)c1cc(Cl)cc(Cl)c1)NCCCCNc1ccccn1.I. The van der Waals surface area contributed by atoms with Crippen LogP contribution in [0, 0.1) is 0 Å². The predicted molar refractivity (Wildman–Crippen MR) is 133 cm³/mol. The largest absolute Gasteiger partial charge is 0.386 e. The molecule has 1 atom stereocenters. The zero-order valence-electron chi connectivity index (χ0n) is 16.4. The molecule has 1 unspecified atom stereocenters. The summed E-state index contributed by atoms with van der Waals surface area (Å²) in [4.78, 5) is 8.68. The van der Waals surface area contributed by atoms with Crippen molar-refractivity contribution in [3.63, 3.8) is 0 Å². The van der Waals surface area contributed by atoms with Gasteiger partial charge in [0.2, 0.25) is 0 Å². The van der Waals surface area contributed by atoms with Gasteiger partial charge in [-0.15, -0.1) is 24.0 Å². The van der Waals surface area contributed by atoms with Crippen molar-refractivity contribution in [2.24, 2.45) is 4.99 Å². The van der Waals surface area contributed by atoms with E-state index in [1.165, 1.54) is 0 Å². The second kappa shape index (κ2) is 14.7. The number of pyridine rings is 1. The lowest BCUT2D eigenvalue weighted by Gasteiger charge is -2.14. The fraction of sp³-hybridized carbons (Fsp3) is 0.400. The van der Waals surface area contributed by atoms with Gasteiger partial charge in [0.1, 0.15) is 5.82 Å². The number of nitrogens with zero attached hydrogens (tertiary/aromatic N) is 2. The molecule has 0 bridgehead atoms. The van der Waals surface area contributed by atoms with Crippen LogP contribution in [-0.4, -0.2) is 42.2 Å². The van der Waals surface area contributed by atoms with E-state index in [-0.39, 0.29) is 30.5 Å². The summed E-state index contributed by atoms with van der Waals surface area (Å²) >= 11 is 12.0. The number of benzene rings is 1. The maximum atomic E-state index is 10.3. The van der Waals surface area contributed by atoms with Gasteiger partial charge in [0.15, 0.2) is 5.96 Å². The first kappa shape index (κ1) is 25.7.